The molecule has 2 aromatic rings. The number of alkyl halides is 3. The normalized spacial score (nSPS) is 15.6. The number of anilines is 2. The number of hydrogen-bond donors (Lipinski definition) is 2. The van der Waals surface area contributed by atoms with Crippen LogP contribution in [0.4, 0.5) is 29.3 Å². The van der Waals surface area contributed by atoms with E-state index in [0.29, 0.717) is 32.0 Å². The van der Waals surface area contributed by atoms with Gasteiger partial charge in [-0.3, -0.25) is 4.98 Å². The van der Waals surface area contributed by atoms with Crippen LogP contribution in [0.15, 0.2) is 42.7 Å². The summed E-state index contributed by atoms with van der Waals surface area (Å²) in [6, 6.07) is 6.41. The predicted molar refractivity (Wildman–Crippen MR) is 112 cm³/mol. The molecule has 10 heteroatoms. The molecule has 2 heterocycles. The molecule has 0 saturated carbocycles. The second-order valence-corrected chi connectivity index (χ2v) is 7.42. The van der Waals surface area contributed by atoms with Crippen molar-refractivity contribution in [3.05, 3.63) is 53.9 Å². The van der Waals surface area contributed by atoms with Crippen LogP contribution in [0.2, 0.25) is 0 Å². The summed E-state index contributed by atoms with van der Waals surface area (Å²) in [6.07, 6.45) is -1.17. The molecule has 1 aliphatic heterocycles. The molecule has 1 aromatic carbocycles. The average molecular weight is 437 g/mol. The third kappa shape index (κ3) is 6.08. The van der Waals surface area contributed by atoms with Gasteiger partial charge in [-0.05, 0) is 50.0 Å². The highest BCUT2D eigenvalue weighted by molar-refractivity contribution is 5.93. The van der Waals surface area contributed by atoms with Crippen LogP contribution in [0, 0.1) is 0 Å². The smallest absolute Gasteiger partial charge is 0.378 e. The predicted octanol–water partition coefficient (Wildman–Crippen LogP) is 3.36. The fraction of sp³-hybridized carbons (Fsp3) is 0.429. The van der Waals surface area contributed by atoms with Gasteiger partial charge in [-0.25, -0.2) is 4.79 Å². The largest absolute Gasteiger partial charge is 0.416 e. The topological polar surface area (TPSA) is 69.7 Å². The van der Waals surface area contributed by atoms with Gasteiger partial charge in [0, 0.05) is 32.0 Å². The highest BCUT2D eigenvalue weighted by Crippen LogP contribution is 2.35. The lowest BCUT2D eigenvalue weighted by Crippen LogP contribution is -2.39. The van der Waals surface area contributed by atoms with Crippen molar-refractivity contribution >= 4 is 17.4 Å². The first kappa shape index (κ1) is 22.8. The van der Waals surface area contributed by atoms with Gasteiger partial charge in [0.2, 0.25) is 0 Å². The number of nitrogens with zero attached hydrogens (tertiary/aromatic N) is 3. The van der Waals surface area contributed by atoms with Crippen LogP contribution in [0.25, 0.3) is 0 Å². The summed E-state index contributed by atoms with van der Waals surface area (Å²) >= 11 is 0. The Labute approximate surface area is 179 Å². The molecule has 7 nitrogen and oxygen atoms in total. The number of aromatic nitrogens is 1. The van der Waals surface area contributed by atoms with Gasteiger partial charge in [0.1, 0.15) is 0 Å². The second kappa shape index (κ2) is 9.97. The number of carbonyl (C=O) groups is 1. The summed E-state index contributed by atoms with van der Waals surface area (Å²) in [7, 11) is 3.77. The van der Waals surface area contributed by atoms with Gasteiger partial charge in [-0.1, -0.05) is 0 Å². The third-order valence-electron chi connectivity index (χ3n) is 5.09. The molecule has 1 saturated heterocycles. The van der Waals surface area contributed by atoms with E-state index in [1.807, 2.05) is 36.0 Å². The molecule has 168 valence electrons. The van der Waals surface area contributed by atoms with Crippen LogP contribution in [0.5, 0.6) is 0 Å². The molecule has 1 atom stereocenters. The quantitative estimate of drug-likeness (QED) is 0.725. The Morgan fingerprint density at radius 1 is 1.19 bits per heavy atom. The van der Waals surface area contributed by atoms with Crippen LogP contribution >= 0.6 is 0 Å². The molecule has 2 amide bonds. The van der Waals surface area contributed by atoms with E-state index in [9.17, 15) is 18.0 Å². The standard InChI is InChI=1S/C21H26F3N5O2/c1-28(2)19(15-5-7-25-8-6-15)14-26-20(30)27-17-13-16(21(22,23)24)3-4-18(17)29-9-11-31-12-10-29/h3-8,13,19H,9-12,14H2,1-2H3,(H2,26,27,30). The number of halogens is 3. The summed E-state index contributed by atoms with van der Waals surface area (Å²) < 4.78 is 45.0. The van der Waals surface area contributed by atoms with E-state index < -0.39 is 17.8 Å². The minimum absolute atomic E-state index is 0.111. The fourth-order valence-corrected chi connectivity index (χ4v) is 3.43. The third-order valence-corrected chi connectivity index (χ3v) is 5.09. The molecule has 0 spiro atoms. The van der Waals surface area contributed by atoms with Crippen LogP contribution in [-0.4, -0.2) is 62.9 Å². The number of benzene rings is 1. The van der Waals surface area contributed by atoms with E-state index in [1.165, 1.54) is 6.07 Å². The number of ether oxygens (including phenoxy) is 1. The fourth-order valence-electron chi connectivity index (χ4n) is 3.43. The zero-order valence-electron chi connectivity index (χ0n) is 17.4. The molecule has 0 radical (unpaired) electrons. The van der Waals surface area contributed by atoms with E-state index in [2.05, 4.69) is 15.6 Å². The maximum atomic E-state index is 13.2. The van der Waals surface area contributed by atoms with Gasteiger partial charge in [-0.2, -0.15) is 13.2 Å². The lowest BCUT2D eigenvalue weighted by Gasteiger charge is -2.31. The van der Waals surface area contributed by atoms with Crippen molar-refractivity contribution in [1.29, 1.82) is 0 Å². The summed E-state index contributed by atoms with van der Waals surface area (Å²) in [5.74, 6) is 0. The molecule has 2 N–H and O–H groups in total. The number of amides is 2. The molecule has 1 fully saturated rings. The van der Waals surface area contributed by atoms with Gasteiger partial charge >= 0.3 is 12.2 Å². The average Bonchev–Trinajstić information content (AvgIpc) is 2.74. The zero-order chi connectivity index (χ0) is 22.4. The number of carbonyl (C=O) groups excluding carboxylic acids is 1. The number of likely N-dealkylation sites (N-methyl/N-ethyl adjacent to an activating group) is 1. The summed E-state index contributed by atoms with van der Waals surface area (Å²) in [6.45, 7) is 2.29. The summed E-state index contributed by atoms with van der Waals surface area (Å²) in [5.41, 5.74) is 0.792. The summed E-state index contributed by atoms with van der Waals surface area (Å²) in [4.78, 5) is 20.4. The lowest BCUT2D eigenvalue weighted by molar-refractivity contribution is -0.137. The first-order valence-corrected chi connectivity index (χ1v) is 9.91. The maximum Gasteiger partial charge on any atom is 0.416 e. The monoisotopic (exact) mass is 437 g/mol. The van der Waals surface area contributed by atoms with Gasteiger partial charge in [0.05, 0.1) is 36.2 Å². The van der Waals surface area contributed by atoms with Gasteiger partial charge in [0.25, 0.3) is 0 Å². The molecule has 1 unspecified atom stereocenters. The van der Waals surface area contributed by atoms with Crippen molar-refractivity contribution in [3.63, 3.8) is 0 Å². The Morgan fingerprint density at radius 2 is 1.87 bits per heavy atom. The van der Waals surface area contributed by atoms with E-state index in [-0.39, 0.29) is 18.3 Å². The first-order chi connectivity index (χ1) is 14.8. The molecule has 0 bridgehead atoms. The Hall–Kier alpha value is -2.85. The Bertz CT molecular complexity index is 871. The molecule has 1 aliphatic rings. The first-order valence-electron chi connectivity index (χ1n) is 9.91. The van der Waals surface area contributed by atoms with E-state index in [0.717, 1.165) is 17.7 Å². The Morgan fingerprint density at radius 3 is 2.48 bits per heavy atom. The zero-order valence-corrected chi connectivity index (χ0v) is 17.4. The molecular weight excluding hydrogens is 411 g/mol. The molecule has 0 aliphatic carbocycles. The van der Waals surface area contributed by atoms with Crippen LogP contribution < -0.4 is 15.5 Å². The maximum absolute atomic E-state index is 13.2. The minimum Gasteiger partial charge on any atom is -0.378 e. The second-order valence-electron chi connectivity index (χ2n) is 7.42. The van der Waals surface area contributed by atoms with Crippen molar-refractivity contribution in [2.45, 2.75) is 12.2 Å². The summed E-state index contributed by atoms with van der Waals surface area (Å²) in [5, 5.41) is 5.37. The van der Waals surface area contributed by atoms with E-state index >= 15 is 0 Å². The van der Waals surface area contributed by atoms with Crippen molar-refractivity contribution in [3.8, 4) is 0 Å². The molecular formula is C21H26F3N5O2. The highest BCUT2D eigenvalue weighted by atomic mass is 19.4. The van der Waals surface area contributed by atoms with E-state index in [1.54, 1.807) is 12.4 Å². The molecule has 1 aromatic heterocycles. The van der Waals surface area contributed by atoms with Crippen molar-refractivity contribution in [2.24, 2.45) is 0 Å². The number of hydrogen-bond acceptors (Lipinski definition) is 5. The number of rotatable bonds is 6. The number of morpholine rings is 1. The molecule has 31 heavy (non-hydrogen) atoms. The van der Waals surface area contributed by atoms with Gasteiger partial charge in [-0.15, -0.1) is 0 Å². The Balaban J connectivity index is 1.75. The Kier molecular flexibility index (Phi) is 7.34. The van der Waals surface area contributed by atoms with Crippen LogP contribution in [0.3, 0.4) is 0 Å². The van der Waals surface area contributed by atoms with E-state index in [4.69, 9.17) is 4.74 Å². The number of nitrogens with one attached hydrogen (secondary N) is 2. The minimum atomic E-state index is -4.51. The lowest BCUT2D eigenvalue weighted by atomic mass is 10.1. The number of urea groups is 1. The SMILES string of the molecule is CN(C)C(CNC(=O)Nc1cc(C(F)(F)F)ccc1N1CCOCC1)c1ccncc1. The highest BCUT2D eigenvalue weighted by Gasteiger charge is 2.32. The van der Waals surface area contributed by atoms with Crippen molar-refractivity contribution in [1.82, 2.24) is 15.2 Å². The van der Waals surface area contributed by atoms with Crippen molar-refractivity contribution < 1.29 is 22.7 Å². The van der Waals surface area contributed by atoms with Gasteiger partial charge < -0.3 is 25.2 Å². The molecule has 3 rings (SSSR count). The van der Waals surface area contributed by atoms with Gasteiger partial charge in [0.15, 0.2) is 0 Å². The van der Waals surface area contributed by atoms with Crippen molar-refractivity contribution in [2.75, 3.05) is 57.2 Å². The van der Waals surface area contributed by atoms with Crippen LogP contribution in [0.1, 0.15) is 17.2 Å². The number of pyridine rings is 1. The van der Waals surface area contributed by atoms with Crippen LogP contribution in [-0.2, 0) is 10.9 Å².